The van der Waals surface area contributed by atoms with Crippen molar-refractivity contribution in [2.75, 3.05) is 18.1 Å². The van der Waals surface area contributed by atoms with Crippen molar-refractivity contribution >= 4 is 15.7 Å². The summed E-state index contributed by atoms with van der Waals surface area (Å²) in [5, 5.41) is 0. The first-order chi connectivity index (χ1) is 9.30. The normalized spacial score (nSPS) is 13.0. The van der Waals surface area contributed by atoms with Gasteiger partial charge in [-0.2, -0.15) is 0 Å². The number of carbonyl (C=O) groups is 1. The van der Waals surface area contributed by atoms with E-state index in [-0.39, 0.29) is 23.0 Å². The minimum absolute atomic E-state index is 0.0447. The van der Waals surface area contributed by atoms with Crippen LogP contribution in [0.15, 0.2) is 24.3 Å². The zero-order chi connectivity index (χ0) is 15.3. The van der Waals surface area contributed by atoms with Gasteiger partial charge in [-0.3, -0.25) is 4.79 Å². The van der Waals surface area contributed by atoms with Gasteiger partial charge in [0.1, 0.15) is 5.82 Å². The van der Waals surface area contributed by atoms with Crippen LogP contribution in [-0.4, -0.2) is 43.3 Å². The summed E-state index contributed by atoms with van der Waals surface area (Å²) in [5.74, 6) is -0.881. The first kappa shape index (κ1) is 16.6. The van der Waals surface area contributed by atoms with E-state index in [1.165, 1.54) is 23.1 Å². The number of hydrogen-bond acceptors (Lipinski definition) is 3. The SMILES string of the molecule is CCN(C(=O)c1cccc(F)c1)C(C)CS(=O)(=O)CC. The van der Waals surface area contributed by atoms with Crippen molar-refractivity contribution in [3.8, 4) is 0 Å². The van der Waals surface area contributed by atoms with Crippen LogP contribution in [0.5, 0.6) is 0 Å². The molecular formula is C14H20FNO3S. The summed E-state index contributed by atoms with van der Waals surface area (Å²) in [6, 6.07) is 4.96. The Labute approximate surface area is 119 Å². The average Bonchev–Trinajstić information content (AvgIpc) is 2.38. The molecule has 1 rings (SSSR count). The van der Waals surface area contributed by atoms with E-state index in [2.05, 4.69) is 0 Å². The number of halogens is 1. The third-order valence-electron chi connectivity index (χ3n) is 3.14. The molecule has 0 heterocycles. The molecule has 1 unspecified atom stereocenters. The van der Waals surface area contributed by atoms with Crippen molar-refractivity contribution in [1.82, 2.24) is 4.90 Å². The molecule has 112 valence electrons. The minimum atomic E-state index is -3.17. The second-order valence-corrected chi connectivity index (χ2v) is 7.05. The molecule has 1 atom stereocenters. The van der Waals surface area contributed by atoms with Crippen LogP contribution in [0.1, 0.15) is 31.1 Å². The Morgan fingerprint density at radius 2 is 2.00 bits per heavy atom. The number of hydrogen-bond donors (Lipinski definition) is 0. The summed E-state index contributed by atoms with van der Waals surface area (Å²) >= 11 is 0. The van der Waals surface area contributed by atoms with Crippen LogP contribution in [0.4, 0.5) is 4.39 Å². The third-order valence-corrected chi connectivity index (χ3v) is 5.01. The summed E-state index contributed by atoms with van der Waals surface area (Å²) in [5.41, 5.74) is 0.229. The fourth-order valence-corrected chi connectivity index (χ4v) is 3.17. The van der Waals surface area contributed by atoms with Gasteiger partial charge in [0.25, 0.3) is 5.91 Å². The molecular weight excluding hydrogens is 281 g/mol. The van der Waals surface area contributed by atoms with Gasteiger partial charge in [-0.05, 0) is 32.0 Å². The summed E-state index contributed by atoms with van der Waals surface area (Å²) < 4.78 is 36.4. The van der Waals surface area contributed by atoms with Crippen molar-refractivity contribution in [2.24, 2.45) is 0 Å². The summed E-state index contributed by atoms with van der Waals surface area (Å²) in [6.45, 7) is 5.41. The molecule has 0 radical (unpaired) electrons. The van der Waals surface area contributed by atoms with Crippen LogP contribution in [0, 0.1) is 5.82 Å². The Bertz CT molecular complexity index is 572. The highest BCUT2D eigenvalue weighted by molar-refractivity contribution is 7.91. The lowest BCUT2D eigenvalue weighted by molar-refractivity contribution is 0.0718. The second-order valence-electron chi connectivity index (χ2n) is 4.65. The van der Waals surface area contributed by atoms with E-state index in [0.717, 1.165) is 6.07 Å². The molecule has 0 aliphatic heterocycles. The number of nitrogens with zero attached hydrogens (tertiary/aromatic N) is 1. The van der Waals surface area contributed by atoms with E-state index in [1.54, 1.807) is 20.8 Å². The van der Waals surface area contributed by atoms with Crippen LogP contribution in [0.25, 0.3) is 0 Å². The van der Waals surface area contributed by atoms with E-state index < -0.39 is 21.7 Å². The van der Waals surface area contributed by atoms with Crippen LogP contribution < -0.4 is 0 Å². The van der Waals surface area contributed by atoms with Gasteiger partial charge in [0.05, 0.1) is 5.75 Å². The van der Waals surface area contributed by atoms with Gasteiger partial charge in [0.2, 0.25) is 0 Å². The lowest BCUT2D eigenvalue weighted by atomic mass is 10.1. The molecule has 1 aromatic rings. The van der Waals surface area contributed by atoms with Crippen LogP contribution in [0.3, 0.4) is 0 Å². The summed E-state index contributed by atoms with van der Waals surface area (Å²) in [6.07, 6.45) is 0. The average molecular weight is 301 g/mol. The number of amides is 1. The Morgan fingerprint density at radius 1 is 1.35 bits per heavy atom. The molecule has 0 bridgehead atoms. The standard InChI is InChI=1S/C14H20FNO3S/c1-4-16(11(3)10-20(18,19)5-2)14(17)12-7-6-8-13(15)9-12/h6-9,11H,4-5,10H2,1-3H3. The first-order valence-electron chi connectivity index (χ1n) is 6.57. The predicted molar refractivity (Wildman–Crippen MR) is 76.9 cm³/mol. The first-order valence-corrected chi connectivity index (χ1v) is 8.39. The zero-order valence-corrected chi connectivity index (χ0v) is 12.8. The predicted octanol–water partition coefficient (Wildman–Crippen LogP) is 2.11. The summed E-state index contributed by atoms with van der Waals surface area (Å²) in [4.78, 5) is 13.8. The van der Waals surface area contributed by atoms with Gasteiger partial charge in [0.15, 0.2) is 9.84 Å². The molecule has 0 fully saturated rings. The van der Waals surface area contributed by atoms with Crippen molar-refractivity contribution in [3.05, 3.63) is 35.6 Å². The largest absolute Gasteiger partial charge is 0.335 e. The lowest BCUT2D eigenvalue weighted by Crippen LogP contribution is -2.42. The highest BCUT2D eigenvalue weighted by Gasteiger charge is 2.24. The molecule has 0 spiro atoms. The van der Waals surface area contributed by atoms with Crippen molar-refractivity contribution < 1.29 is 17.6 Å². The molecule has 0 saturated heterocycles. The molecule has 0 aromatic heterocycles. The lowest BCUT2D eigenvalue weighted by Gasteiger charge is -2.28. The Morgan fingerprint density at radius 3 is 2.50 bits per heavy atom. The molecule has 0 aliphatic carbocycles. The highest BCUT2D eigenvalue weighted by Crippen LogP contribution is 2.12. The van der Waals surface area contributed by atoms with Gasteiger partial charge < -0.3 is 4.90 Å². The van der Waals surface area contributed by atoms with Crippen molar-refractivity contribution in [1.29, 1.82) is 0 Å². The quantitative estimate of drug-likeness (QED) is 0.808. The molecule has 20 heavy (non-hydrogen) atoms. The minimum Gasteiger partial charge on any atom is -0.335 e. The Hall–Kier alpha value is -1.43. The van der Waals surface area contributed by atoms with Crippen LogP contribution >= 0.6 is 0 Å². The van der Waals surface area contributed by atoms with E-state index in [0.29, 0.717) is 6.54 Å². The van der Waals surface area contributed by atoms with Gasteiger partial charge >= 0.3 is 0 Å². The van der Waals surface area contributed by atoms with E-state index in [4.69, 9.17) is 0 Å². The molecule has 0 N–H and O–H groups in total. The molecule has 1 aromatic carbocycles. The fourth-order valence-electron chi connectivity index (χ4n) is 2.02. The molecule has 0 aliphatic rings. The van der Waals surface area contributed by atoms with Crippen molar-refractivity contribution in [3.63, 3.8) is 0 Å². The fraction of sp³-hybridized carbons (Fsp3) is 0.500. The number of sulfone groups is 1. The van der Waals surface area contributed by atoms with Gasteiger partial charge in [0, 0.05) is 23.9 Å². The third kappa shape index (κ3) is 4.30. The maximum absolute atomic E-state index is 13.2. The maximum atomic E-state index is 13.2. The topological polar surface area (TPSA) is 54.5 Å². The van der Waals surface area contributed by atoms with E-state index in [9.17, 15) is 17.6 Å². The Kier molecular flexibility index (Phi) is 5.68. The number of benzene rings is 1. The molecule has 1 amide bonds. The highest BCUT2D eigenvalue weighted by atomic mass is 32.2. The van der Waals surface area contributed by atoms with Gasteiger partial charge in [-0.1, -0.05) is 13.0 Å². The van der Waals surface area contributed by atoms with Crippen molar-refractivity contribution in [2.45, 2.75) is 26.8 Å². The summed E-state index contributed by atoms with van der Waals surface area (Å²) in [7, 11) is -3.17. The van der Waals surface area contributed by atoms with E-state index in [1.807, 2.05) is 0 Å². The molecule has 4 nitrogen and oxygen atoms in total. The van der Waals surface area contributed by atoms with Gasteiger partial charge in [-0.25, -0.2) is 12.8 Å². The Balaban J connectivity index is 2.93. The monoisotopic (exact) mass is 301 g/mol. The number of rotatable bonds is 6. The molecule has 0 saturated carbocycles. The van der Waals surface area contributed by atoms with Crippen LogP contribution in [-0.2, 0) is 9.84 Å². The number of carbonyl (C=O) groups excluding carboxylic acids is 1. The zero-order valence-electron chi connectivity index (χ0n) is 12.0. The van der Waals surface area contributed by atoms with Gasteiger partial charge in [-0.15, -0.1) is 0 Å². The van der Waals surface area contributed by atoms with Crippen LogP contribution in [0.2, 0.25) is 0 Å². The second kappa shape index (κ2) is 6.83. The molecule has 6 heteroatoms. The smallest absolute Gasteiger partial charge is 0.254 e. The maximum Gasteiger partial charge on any atom is 0.254 e. The van der Waals surface area contributed by atoms with E-state index >= 15 is 0 Å².